The zero-order valence-corrected chi connectivity index (χ0v) is 15.9. The van der Waals surface area contributed by atoms with E-state index in [1.807, 2.05) is 0 Å². The van der Waals surface area contributed by atoms with Crippen molar-refractivity contribution in [3.05, 3.63) is 47.5 Å². The van der Waals surface area contributed by atoms with Crippen molar-refractivity contribution < 1.29 is 27.8 Å². The number of hydrogen-bond donors (Lipinski definition) is 2. The Morgan fingerprint density at radius 1 is 1.27 bits per heavy atom. The highest BCUT2D eigenvalue weighted by atomic mass is 35.5. The average Bonchev–Trinajstić information content (AvgIpc) is 3.02. The van der Waals surface area contributed by atoms with E-state index in [4.69, 9.17) is 11.6 Å². The molecule has 1 unspecified atom stereocenters. The van der Waals surface area contributed by atoms with E-state index in [2.05, 4.69) is 20.0 Å². The molecule has 30 heavy (non-hydrogen) atoms. The molecule has 1 aliphatic rings. The Labute approximate surface area is 173 Å². The molecule has 7 nitrogen and oxygen atoms in total. The number of rotatable bonds is 5. The molecule has 1 aliphatic heterocycles. The fourth-order valence-corrected chi connectivity index (χ4v) is 3.41. The number of benzene rings is 2. The van der Waals surface area contributed by atoms with E-state index in [1.54, 1.807) is 0 Å². The number of aliphatic hydroxyl groups excluding tert-OH is 1. The second kappa shape index (κ2) is 7.96. The number of aliphatic hydroxyl groups is 1. The van der Waals surface area contributed by atoms with Gasteiger partial charge in [0.15, 0.2) is 5.75 Å². The second-order valence-electron chi connectivity index (χ2n) is 6.47. The summed E-state index contributed by atoms with van der Waals surface area (Å²) in [4.78, 5) is 21.4. The van der Waals surface area contributed by atoms with Gasteiger partial charge in [-0.25, -0.2) is 14.4 Å². The molecule has 156 valence electrons. The molecule has 2 heterocycles. The Hall–Kier alpha value is -3.11. The van der Waals surface area contributed by atoms with Gasteiger partial charge in [0.1, 0.15) is 24.2 Å². The lowest BCUT2D eigenvalue weighted by atomic mass is 10.1. The van der Waals surface area contributed by atoms with Gasteiger partial charge in [0.25, 0.3) is 0 Å². The molecule has 0 radical (unpaired) electrons. The van der Waals surface area contributed by atoms with Gasteiger partial charge < -0.3 is 15.2 Å². The van der Waals surface area contributed by atoms with Gasteiger partial charge in [0.2, 0.25) is 5.91 Å². The summed E-state index contributed by atoms with van der Waals surface area (Å²) in [6, 6.07) is 6.59. The summed E-state index contributed by atoms with van der Waals surface area (Å²) in [5.74, 6) is -1.07. The summed E-state index contributed by atoms with van der Waals surface area (Å²) in [7, 11) is 0. The van der Waals surface area contributed by atoms with Gasteiger partial charge in [-0.3, -0.25) is 9.69 Å². The summed E-state index contributed by atoms with van der Waals surface area (Å²) in [5.41, 5.74) is 0.641. The van der Waals surface area contributed by atoms with Gasteiger partial charge in [-0.15, -0.1) is 0 Å². The van der Waals surface area contributed by atoms with Crippen molar-refractivity contribution in [3.63, 3.8) is 0 Å². The number of ether oxygens (including phenoxy) is 1. The van der Waals surface area contributed by atoms with Crippen LogP contribution in [0.4, 0.5) is 30.4 Å². The maximum Gasteiger partial charge on any atom is 0.387 e. The highest BCUT2D eigenvalue weighted by molar-refractivity contribution is 6.31. The van der Waals surface area contributed by atoms with Crippen molar-refractivity contribution in [2.45, 2.75) is 25.7 Å². The Morgan fingerprint density at radius 2 is 2.07 bits per heavy atom. The Morgan fingerprint density at radius 3 is 2.73 bits per heavy atom. The third-order valence-corrected chi connectivity index (χ3v) is 4.85. The number of fused-ring (bicyclic) bond motifs is 1. The highest BCUT2D eigenvalue weighted by Crippen LogP contribution is 2.39. The van der Waals surface area contributed by atoms with Crippen molar-refractivity contribution >= 4 is 45.6 Å². The SMILES string of the molecule is O=C1CCC(O)N1c1cc2c(Nc3ccc(F)c(Cl)c3)ncnc2cc1OC(F)F. The Bertz CT molecular complexity index is 1130. The molecule has 2 N–H and O–H groups in total. The van der Waals surface area contributed by atoms with E-state index in [1.165, 1.54) is 36.7 Å². The fraction of sp³-hybridized carbons (Fsp3) is 0.211. The number of halogens is 4. The third-order valence-electron chi connectivity index (χ3n) is 4.56. The van der Waals surface area contributed by atoms with Gasteiger partial charge >= 0.3 is 6.61 Å². The number of hydrogen-bond acceptors (Lipinski definition) is 6. The Kier molecular flexibility index (Phi) is 5.35. The van der Waals surface area contributed by atoms with Crippen LogP contribution in [0.15, 0.2) is 36.7 Å². The minimum absolute atomic E-state index is 0.0345. The van der Waals surface area contributed by atoms with Crippen LogP contribution in [0.3, 0.4) is 0 Å². The monoisotopic (exact) mass is 438 g/mol. The van der Waals surface area contributed by atoms with Crippen LogP contribution in [-0.2, 0) is 4.79 Å². The first kappa shape index (κ1) is 20.2. The minimum atomic E-state index is -3.14. The maximum atomic E-state index is 13.4. The van der Waals surface area contributed by atoms with E-state index in [9.17, 15) is 23.1 Å². The summed E-state index contributed by atoms with van der Waals surface area (Å²) in [6.07, 6.45) is 0.261. The number of carbonyl (C=O) groups is 1. The summed E-state index contributed by atoms with van der Waals surface area (Å²) >= 11 is 5.80. The Balaban J connectivity index is 1.84. The standard InChI is InChI=1S/C19H14ClF3N4O3/c20-11-5-9(1-2-12(11)21)26-18-10-6-14(27-16(28)3-4-17(27)29)15(30-19(22)23)7-13(10)24-8-25-18/h1-2,5-8,16,19,28H,3-4H2,(H,24,25,26). The molecule has 0 spiro atoms. The lowest BCUT2D eigenvalue weighted by Crippen LogP contribution is -2.33. The number of alkyl halides is 2. The number of nitrogens with zero attached hydrogens (tertiary/aromatic N) is 3. The molecule has 1 atom stereocenters. The van der Waals surface area contributed by atoms with Crippen LogP contribution >= 0.6 is 11.6 Å². The van der Waals surface area contributed by atoms with E-state index >= 15 is 0 Å². The van der Waals surface area contributed by atoms with Crippen LogP contribution < -0.4 is 15.0 Å². The molecule has 1 saturated heterocycles. The molecule has 0 aliphatic carbocycles. The van der Waals surface area contributed by atoms with E-state index in [-0.39, 0.29) is 40.6 Å². The van der Waals surface area contributed by atoms with Gasteiger partial charge in [0, 0.05) is 30.0 Å². The molecule has 0 saturated carbocycles. The number of nitrogens with one attached hydrogen (secondary N) is 1. The molecule has 3 aromatic rings. The summed E-state index contributed by atoms with van der Waals surface area (Å²) in [6.45, 7) is -3.14. The normalized spacial score (nSPS) is 16.5. The lowest BCUT2D eigenvalue weighted by molar-refractivity contribution is -0.117. The average molecular weight is 439 g/mol. The van der Waals surface area contributed by atoms with Crippen LogP contribution in [-0.4, -0.2) is 33.8 Å². The third kappa shape index (κ3) is 3.83. The van der Waals surface area contributed by atoms with Crippen LogP contribution in [0, 0.1) is 5.82 Å². The molecule has 2 aromatic carbocycles. The first-order valence-corrected chi connectivity index (χ1v) is 9.17. The number of amides is 1. The van der Waals surface area contributed by atoms with Crippen molar-refractivity contribution in [1.29, 1.82) is 0 Å². The van der Waals surface area contributed by atoms with Gasteiger partial charge in [-0.1, -0.05) is 11.6 Å². The van der Waals surface area contributed by atoms with Crippen LogP contribution in [0.25, 0.3) is 10.9 Å². The maximum absolute atomic E-state index is 13.4. The van der Waals surface area contributed by atoms with Gasteiger partial charge in [-0.2, -0.15) is 8.78 Å². The van der Waals surface area contributed by atoms with Gasteiger partial charge in [0.05, 0.1) is 16.2 Å². The molecule has 11 heteroatoms. The first-order chi connectivity index (χ1) is 14.3. The zero-order valence-electron chi connectivity index (χ0n) is 15.2. The number of aromatic nitrogens is 2. The topological polar surface area (TPSA) is 87.6 Å². The van der Waals surface area contributed by atoms with E-state index in [0.717, 1.165) is 4.90 Å². The first-order valence-electron chi connectivity index (χ1n) is 8.79. The number of anilines is 3. The van der Waals surface area contributed by atoms with E-state index in [0.29, 0.717) is 11.1 Å². The predicted octanol–water partition coefficient (Wildman–Crippen LogP) is 4.21. The molecular weight excluding hydrogens is 425 g/mol. The number of carbonyl (C=O) groups excluding carboxylic acids is 1. The van der Waals surface area contributed by atoms with Crippen molar-refractivity contribution in [2.75, 3.05) is 10.2 Å². The molecule has 4 rings (SSSR count). The molecule has 1 aromatic heterocycles. The second-order valence-corrected chi connectivity index (χ2v) is 6.88. The molecule has 1 fully saturated rings. The fourth-order valence-electron chi connectivity index (χ4n) is 3.22. The van der Waals surface area contributed by atoms with Crippen LogP contribution in [0.2, 0.25) is 5.02 Å². The molecule has 1 amide bonds. The summed E-state index contributed by atoms with van der Waals surface area (Å²) < 4.78 is 43.9. The van der Waals surface area contributed by atoms with Crippen LogP contribution in [0.5, 0.6) is 5.75 Å². The zero-order chi connectivity index (χ0) is 21.4. The van der Waals surface area contributed by atoms with Crippen molar-refractivity contribution in [1.82, 2.24) is 9.97 Å². The van der Waals surface area contributed by atoms with Crippen LogP contribution in [0.1, 0.15) is 12.8 Å². The highest BCUT2D eigenvalue weighted by Gasteiger charge is 2.33. The smallest absolute Gasteiger partial charge is 0.387 e. The van der Waals surface area contributed by atoms with E-state index < -0.39 is 24.6 Å². The molecule has 0 bridgehead atoms. The quantitative estimate of drug-likeness (QED) is 0.620. The predicted molar refractivity (Wildman–Crippen MR) is 104 cm³/mol. The lowest BCUT2D eigenvalue weighted by Gasteiger charge is -2.24. The minimum Gasteiger partial charge on any atom is -0.433 e. The van der Waals surface area contributed by atoms with Gasteiger partial charge in [-0.05, 0) is 24.3 Å². The van der Waals surface area contributed by atoms with Crippen molar-refractivity contribution in [2.24, 2.45) is 0 Å². The summed E-state index contributed by atoms with van der Waals surface area (Å²) in [5, 5.41) is 13.4. The molecular formula is C19H14ClF3N4O3. The largest absolute Gasteiger partial charge is 0.433 e. The van der Waals surface area contributed by atoms with Crippen molar-refractivity contribution in [3.8, 4) is 5.75 Å².